The number of fused-ring (bicyclic) bond motifs is 1. The summed E-state index contributed by atoms with van der Waals surface area (Å²) < 4.78 is 0. The Bertz CT molecular complexity index is 652. The third-order valence-electron chi connectivity index (χ3n) is 2.72. The maximum Gasteiger partial charge on any atom is 0.0907 e. The van der Waals surface area contributed by atoms with Crippen molar-refractivity contribution in [3.05, 3.63) is 60.7 Å². The van der Waals surface area contributed by atoms with Gasteiger partial charge in [0, 0.05) is 37.0 Å². The van der Waals surface area contributed by atoms with E-state index in [0.29, 0.717) is 0 Å². The van der Waals surface area contributed by atoms with Crippen LogP contribution in [-0.4, -0.2) is 15.0 Å². The van der Waals surface area contributed by atoms with Crippen LogP contribution < -0.4 is 5.32 Å². The Morgan fingerprint density at radius 3 is 2.44 bits per heavy atom. The van der Waals surface area contributed by atoms with Crippen molar-refractivity contribution in [2.75, 3.05) is 5.32 Å². The van der Waals surface area contributed by atoms with Gasteiger partial charge in [0.05, 0.1) is 11.0 Å². The second-order valence-electron chi connectivity index (χ2n) is 3.97. The second-order valence-corrected chi connectivity index (χ2v) is 3.97. The lowest BCUT2D eigenvalue weighted by Gasteiger charge is -2.06. The van der Waals surface area contributed by atoms with E-state index in [9.17, 15) is 0 Å². The van der Waals surface area contributed by atoms with Crippen LogP contribution in [0.25, 0.3) is 11.0 Å². The van der Waals surface area contributed by atoms with Crippen LogP contribution in [0, 0.1) is 0 Å². The van der Waals surface area contributed by atoms with Crippen LogP contribution in [0.3, 0.4) is 0 Å². The van der Waals surface area contributed by atoms with Crippen LogP contribution in [0.4, 0.5) is 5.69 Å². The molecule has 4 heteroatoms. The topological polar surface area (TPSA) is 50.7 Å². The van der Waals surface area contributed by atoms with Gasteiger partial charge in [-0.25, -0.2) is 0 Å². The molecular formula is C14H12N4. The van der Waals surface area contributed by atoms with Crippen molar-refractivity contribution >= 4 is 16.7 Å². The zero-order chi connectivity index (χ0) is 12.2. The van der Waals surface area contributed by atoms with Gasteiger partial charge in [-0.2, -0.15) is 0 Å². The van der Waals surface area contributed by atoms with E-state index in [2.05, 4.69) is 20.3 Å². The third-order valence-corrected chi connectivity index (χ3v) is 2.72. The van der Waals surface area contributed by atoms with Gasteiger partial charge >= 0.3 is 0 Å². The lowest BCUT2D eigenvalue weighted by atomic mass is 10.2. The number of rotatable bonds is 3. The minimum atomic E-state index is 0.772. The highest BCUT2D eigenvalue weighted by Crippen LogP contribution is 2.15. The van der Waals surface area contributed by atoms with Crippen LogP contribution in [0.2, 0.25) is 0 Å². The molecule has 1 N–H and O–H groups in total. The van der Waals surface area contributed by atoms with Crippen LogP contribution in [0.5, 0.6) is 0 Å². The molecule has 0 aliphatic carbocycles. The van der Waals surface area contributed by atoms with E-state index in [1.54, 1.807) is 24.8 Å². The Kier molecular flexibility index (Phi) is 2.84. The maximum absolute atomic E-state index is 4.28. The lowest BCUT2D eigenvalue weighted by molar-refractivity contribution is 1.13. The van der Waals surface area contributed by atoms with Crippen molar-refractivity contribution in [2.45, 2.75) is 6.54 Å². The molecule has 0 bridgehead atoms. The number of benzene rings is 1. The summed E-state index contributed by atoms with van der Waals surface area (Å²) in [5.74, 6) is 0. The molecule has 0 saturated heterocycles. The van der Waals surface area contributed by atoms with Crippen molar-refractivity contribution in [1.82, 2.24) is 15.0 Å². The number of hydrogen-bond acceptors (Lipinski definition) is 4. The van der Waals surface area contributed by atoms with Gasteiger partial charge in [-0.05, 0) is 35.9 Å². The highest BCUT2D eigenvalue weighted by atomic mass is 14.9. The third kappa shape index (κ3) is 2.27. The molecule has 4 nitrogen and oxygen atoms in total. The fourth-order valence-corrected chi connectivity index (χ4v) is 1.78. The number of nitrogens with one attached hydrogen (secondary N) is 1. The molecule has 0 amide bonds. The first-order valence-electron chi connectivity index (χ1n) is 5.75. The van der Waals surface area contributed by atoms with Gasteiger partial charge in [-0.15, -0.1) is 0 Å². The van der Waals surface area contributed by atoms with E-state index in [0.717, 1.165) is 23.3 Å². The molecule has 2 heterocycles. The minimum Gasteiger partial charge on any atom is -0.381 e. The largest absolute Gasteiger partial charge is 0.381 e. The molecule has 0 fully saturated rings. The monoisotopic (exact) mass is 236 g/mol. The normalized spacial score (nSPS) is 10.4. The van der Waals surface area contributed by atoms with Gasteiger partial charge in [0.2, 0.25) is 0 Å². The Morgan fingerprint density at radius 2 is 1.61 bits per heavy atom. The molecule has 88 valence electrons. The summed E-state index contributed by atoms with van der Waals surface area (Å²) in [4.78, 5) is 12.5. The average molecular weight is 236 g/mol. The van der Waals surface area contributed by atoms with E-state index in [4.69, 9.17) is 0 Å². The Morgan fingerprint density at radius 1 is 0.833 bits per heavy atom. The van der Waals surface area contributed by atoms with E-state index in [1.807, 2.05) is 30.3 Å². The first kappa shape index (κ1) is 10.7. The fraction of sp³-hybridized carbons (Fsp3) is 0.0714. The number of nitrogens with zero attached hydrogens (tertiary/aromatic N) is 3. The summed E-state index contributed by atoms with van der Waals surface area (Å²) in [5, 5.41) is 3.36. The van der Waals surface area contributed by atoms with Gasteiger partial charge in [0.15, 0.2) is 0 Å². The predicted molar refractivity (Wildman–Crippen MR) is 71.1 cm³/mol. The minimum absolute atomic E-state index is 0.772. The average Bonchev–Trinajstić information content (AvgIpc) is 2.46. The lowest BCUT2D eigenvalue weighted by Crippen LogP contribution is -1.99. The molecule has 1 aromatic carbocycles. The van der Waals surface area contributed by atoms with Crippen molar-refractivity contribution in [3.8, 4) is 0 Å². The summed E-state index contributed by atoms with van der Waals surface area (Å²) in [7, 11) is 0. The van der Waals surface area contributed by atoms with Crippen molar-refractivity contribution in [2.24, 2.45) is 0 Å². The number of aromatic nitrogens is 3. The molecule has 3 aromatic rings. The molecule has 0 aliphatic rings. The zero-order valence-electron chi connectivity index (χ0n) is 9.74. The van der Waals surface area contributed by atoms with E-state index in [1.165, 1.54) is 5.56 Å². The van der Waals surface area contributed by atoms with Crippen LogP contribution >= 0.6 is 0 Å². The zero-order valence-corrected chi connectivity index (χ0v) is 9.74. The summed E-state index contributed by atoms with van der Waals surface area (Å²) >= 11 is 0. The van der Waals surface area contributed by atoms with Gasteiger partial charge in [0.1, 0.15) is 0 Å². The van der Waals surface area contributed by atoms with E-state index < -0.39 is 0 Å². The van der Waals surface area contributed by atoms with Gasteiger partial charge in [-0.3, -0.25) is 15.0 Å². The van der Waals surface area contributed by atoms with E-state index in [-0.39, 0.29) is 0 Å². The van der Waals surface area contributed by atoms with Crippen LogP contribution in [0.1, 0.15) is 5.56 Å². The molecular weight excluding hydrogens is 224 g/mol. The second kappa shape index (κ2) is 4.79. The molecule has 18 heavy (non-hydrogen) atoms. The Hall–Kier alpha value is -2.49. The smallest absolute Gasteiger partial charge is 0.0907 e. The first-order chi connectivity index (χ1) is 8.92. The summed E-state index contributed by atoms with van der Waals surface area (Å²) in [5.41, 5.74) is 4.05. The standard InChI is InChI=1S/C14H12N4/c1-2-13-14(17-8-7-16-13)9-12(1)18-10-11-3-5-15-6-4-11/h1-9,18H,10H2. The molecule has 0 atom stereocenters. The molecule has 0 saturated carbocycles. The molecule has 0 aliphatic heterocycles. The summed E-state index contributed by atoms with van der Waals surface area (Å²) in [6, 6.07) is 9.97. The number of pyridine rings is 1. The Balaban J connectivity index is 1.79. The highest BCUT2D eigenvalue weighted by Gasteiger charge is 1.98. The van der Waals surface area contributed by atoms with Crippen molar-refractivity contribution in [3.63, 3.8) is 0 Å². The predicted octanol–water partition coefficient (Wildman–Crippen LogP) is 2.64. The van der Waals surface area contributed by atoms with Gasteiger partial charge in [-0.1, -0.05) is 0 Å². The highest BCUT2D eigenvalue weighted by molar-refractivity contribution is 5.78. The Labute approximate surface area is 105 Å². The van der Waals surface area contributed by atoms with Crippen LogP contribution in [-0.2, 0) is 6.54 Å². The molecule has 0 radical (unpaired) electrons. The van der Waals surface area contributed by atoms with Crippen molar-refractivity contribution in [1.29, 1.82) is 0 Å². The number of anilines is 1. The fourth-order valence-electron chi connectivity index (χ4n) is 1.78. The molecule has 0 unspecified atom stereocenters. The maximum atomic E-state index is 4.28. The van der Waals surface area contributed by atoms with E-state index >= 15 is 0 Å². The van der Waals surface area contributed by atoms with Gasteiger partial charge in [0.25, 0.3) is 0 Å². The quantitative estimate of drug-likeness (QED) is 0.759. The molecule has 0 spiro atoms. The van der Waals surface area contributed by atoms with Crippen LogP contribution in [0.15, 0.2) is 55.1 Å². The van der Waals surface area contributed by atoms with Crippen molar-refractivity contribution < 1.29 is 0 Å². The molecule has 3 rings (SSSR count). The SMILES string of the molecule is c1cc(CNc2ccc3nccnc3c2)ccn1. The van der Waals surface area contributed by atoms with Gasteiger partial charge < -0.3 is 5.32 Å². The molecule has 2 aromatic heterocycles. The number of hydrogen-bond donors (Lipinski definition) is 1. The first-order valence-corrected chi connectivity index (χ1v) is 5.75. The summed E-state index contributed by atoms with van der Waals surface area (Å²) in [6.07, 6.45) is 6.99. The summed E-state index contributed by atoms with van der Waals surface area (Å²) in [6.45, 7) is 0.772.